The highest BCUT2D eigenvalue weighted by Crippen LogP contribution is 2.23. The van der Waals surface area contributed by atoms with Crippen LogP contribution in [0.3, 0.4) is 0 Å². The van der Waals surface area contributed by atoms with Gasteiger partial charge < -0.3 is 5.32 Å². The Labute approximate surface area is 103 Å². The van der Waals surface area contributed by atoms with Crippen LogP contribution in [0.1, 0.15) is 44.6 Å². The lowest BCUT2D eigenvalue weighted by molar-refractivity contribution is 0.356. The van der Waals surface area contributed by atoms with Crippen molar-refractivity contribution in [2.24, 2.45) is 5.92 Å². The van der Waals surface area contributed by atoms with Gasteiger partial charge in [0.25, 0.3) is 0 Å². The molecule has 94 valence electrons. The topological polar surface area (TPSA) is 12.0 Å². The summed E-state index contributed by atoms with van der Waals surface area (Å²) in [7, 11) is 0. The molecule has 0 radical (unpaired) electrons. The van der Waals surface area contributed by atoms with Gasteiger partial charge in [0.2, 0.25) is 0 Å². The van der Waals surface area contributed by atoms with Crippen molar-refractivity contribution in [1.82, 2.24) is 5.32 Å². The summed E-state index contributed by atoms with van der Waals surface area (Å²) in [6.45, 7) is 3.20. The zero-order valence-electron chi connectivity index (χ0n) is 10.6. The highest BCUT2D eigenvalue weighted by molar-refractivity contribution is 5.15. The molecule has 1 aliphatic rings. The summed E-state index contributed by atoms with van der Waals surface area (Å²) in [5, 5.41) is 3.62. The molecule has 2 unspecified atom stereocenters. The van der Waals surface area contributed by atoms with Gasteiger partial charge in [0.1, 0.15) is 5.82 Å². The molecule has 1 aromatic rings. The predicted octanol–water partition coefficient (Wildman–Crippen LogP) is 3.88. The highest BCUT2D eigenvalue weighted by atomic mass is 19.1. The van der Waals surface area contributed by atoms with Crippen LogP contribution in [-0.4, -0.2) is 6.04 Å². The van der Waals surface area contributed by atoms with Crippen molar-refractivity contribution in [3.8, 4) is 0 Å². The van der Waals surface area contributed by atoms with Crippen molar-refractivity contribution in [2.75, 3.05) is 0 Å². The summed E-state index contributed by atoms with van der Waals surface area (Å²) in [6.07, 6.45) is 6.70. The lowest BCUT2D eigenvalue weighted by atomic mass is 9.97. The maximum Gasteiger partial charge on any atom is 0.123 e. The summed E-state index contributed by atoms with van der Waals surface area (Å²) >= 11 is 0. The summed E-state index contributed by atoms with van der Waals surface area (Å²) in [6, 6.07) is 7.43. The molecule has 1 nitrogen and oxygen atoms in total. The fraction of sp³-hybridized carbons (Fsp3) is 0.600. The van der Waals surface area contributed by atoms with E-state index in [1.165, 1.54) is 49.8 Å². The van der Waals surface area contributed by atoms with Crippen LogP contribution in [0.4, 0.5) is 4.39 Å². The Hall–Kier alpha value is -0.890. The Balaban J connectivity index is 1.85. The Morgan fingerprint density at radius 1 is 1.12 bits per heavy atom. The van der Waals surface area contributed by atoms with E-state index in [0.29, 0.717) is 6.04 Å². The SMILES string of the molecule is CC1CCCCCC1NCc1ccc(F)cc1. The number of hydrogen-bond donors (Lipinski definition) is 1. The van der Waals surface area contributed by atoms with Gasteiger partial charge in [0, 0.05) is 12.6 Å². The molecule has 2 heteroatoms. The third kappa shape index (κ3) is 3.81. The Morgan fingerprint density at radius 3 is 2.59 bits per heavy atom. The van der Waals surface area contributed by atoms with Gasteiger partial charge in [-0.25, -0.2) is 4.39 Å². The van der Waals surface area contributed by atoms with Crippen LogP contribution >= 0.6 is 0 Å². The van der Waals surface area contributed by atoms with Crippen LogP contribution in [0.2, 0.25) is 0 Å². The maximum atomic E-state index is 12.8. The second-order valence-corrected chi connectivity index (χ2v) is 5.23. The van der Waals surface area contributed by atoms with Gasteiger partial charge in [0.05, 0.1) is 0 Å². The van der Waals surface area contributed by atoms with Crippen molar-refractivity contribution >= 4 is 0 Å². The van der Waals surface area contributed by atoms with Crippen LogP contribution in [0.15, 0.2) is 24.3 Å². The van der Waals surface area contributed by atoms with Crippen molar-refractivity contribution in [3.05, 3.63) is 35.6 Å². The molecular formula is C15H22FN. The largest absolute Gasteiger partial charge is 0.310 e. The van der Waals surface area contributed by atoms with Crippen molar-refractivity contribution in [2.45, 2.75) is 51.6 Å². The van der Waals surface area contributed by atoms with Crippen LogP contribution < -0.4 is 5.32 Å². The van der Waals surface area contributed by atoms with E-state index in [1.54, 1.807) is 0 Å². The average Bonchev–Trinajstić information content (AvgIpc) is 2.54. The van der Waals surface area contributed by atoms with E-state index in [1.807, 2.05) is 12.1 Å². The summed E-state index contributed by atoms with van der Waals surface area (Å²) in [5.41, 5.74) is 1.17. The number of hydrogen-bond acceptors (Lipinski definition) is 1. The van der Waals surface area contributed by atoms with E-state index >= 15 is 0 Å². The van der Waals surface area contributed by atoms with Crippen LogP contribution in [0.5, 0.6) is 0 Å². The molecule has 2 rings (SSSR count). The molecule has 1 saturated carbocycles. The summed E-state index contributed by atoms with van der Waals surface area (Å²) in [5.74, 6) is 0.606. The monoisotopic (exact) mass is 235 g/mol. The third-order valence-electron chi connectivity index (χ3n) is 3.84. The molecule has 0 saturated heterocycles. The molecule has 1 N–H and O–H groups in total. The Bertz CT molecular complexity index is 333. The van der Waals surface area contributed by atoms with Gasteiger partial charge in [-0.3, -0.25) is 0 Å². The maximum absolute atomic E-state index is 12.8. The molecule has 2 atom stereocenters. The van der Waals surface area contributed by atoms with Gasteiger partial charge in [0.15, 0.2) is 0 Å². The molecule has 17 heavy (non-hydrogen) atoms. The van der Waals surface area contributed by atoms with Gasteiger partial charge in [-0.2, -0.15) is 0 Å². The molecule has 0 spiro atoms. The van der Waals surface area contributed by atoms with Crippen molar-refractivity contribution in [1.29, 1.82) is 0 Å². The van der Waals surface area contributed by atoms with Gasteiger partial charge in [-0.05, 0) is 36.5 Å². The standard InChI is InChI=1S/C15H22FN/c1-12-5-3-2-4-6-15(12)17-11-13-7-9-14(16)10-8-13/h7-10,12,15,17H,2-6,11H2,1H3. The molecule has 0 aromatic heterocycles. The van der Waals surface area contributed by atoms with Gasteiger partial charge in [-0.15, -0.1) is 0 Å². The molecule has 1 fully saturated rings. The fourth-order valence-corrected chi connectivity index (χ4v) is 2.65. The first-order valence-corrected chi connectivity index (χ1v) is 6.73. The minimum atomic E-state index is -0.156. The lowest BCUT2D eigenvalue weighted by Gasteiger charge is -2.22. The normalized spacial score (nSPS) is 25.5. The minimum Gasteiger partial charge on any atom is -0.310 e. The predicted molar refractivity (Wildman–Crippen MR) is 69.3 cm³/mol. The third-order valence-corrected chi connectivity index (χ3v) is 3.84. The second kappa shape index (κ2) is 6.15. The Morgan fingerprint density at radius 2 is 1.82 bits per heavy atom. The molecular weight excluding hydrogens is 213 g/mol. The van der Waals surface area contributed by atoms with E-state index in [-0.39, 0.29) is 5.82 Å². The van der Waals surface area contributed by atoms with Gasteiger partial charge >= 0.3 is 0 Å². The second-order valence-electron chi connectivity index (χ2n) is 5.23. The Kier molecular flexibility index (Phi) is 4.55. The molecule has 0 aliphatic heterocycles. The highest BCUT2D eigenvalue weighted by Gasteiger charge is 2.18. The van der Waals surface area contributed by atoms with Gasteiger partial charge in [-0.1, -0.05) is 38.3 Å². The lowest BCUT2D eigenvalue weighted by Crippen LogP contribution is -2.33. The van der Waals surface area contributed by atoms with Crippen LogP contribution in [-0.2, 0) is 6.54 Å². The average molecular weight is 235 g/mol. The van der Waals surface area contributed by atoms with Crippen molar-refractivity contribution < 1.29 is 4.39 Å². The van der Waals surface area contributed by atoms with E-state index in [4.69, 9.17) is 0 Å². The summed E-state index contributed by atoms with van der Waals surface area (Å²) in [4.78, 5) is 0. The minimum absolute atomic E-state index is 0.156. The van der Waals surface area contributed by atoms with Crippen LogP contribution in [0, 0.1) is 11.7 Å². The van der Waals surface area contributed by atoms with Crippen molar-refractivity contribution in [3.63, 3.8) is 0 Å². The fourth-order valence-electron chi connectivity index (χ4n) is 2.65. The number of halogens is 1. The van der Waals surface area contributed by atoms with E-state index in [9.17, 15) is 4.39 Å². The smallest absolute Gasteiger partial charge is 0.123 e. The zero-order chi connectivity index (χ0) is 12.1. The number of benzene rings is 1. The molecule has 0 bridgehead atoms. The molecule has 1 aliphatic carbocycles. The first-order chi connectivity index (χ1) is 8.25. The quantitative estimate of drug-likeness (QED) is 0.784. The molecule has 1 aromatic carbocycles. The first-order valence-electron chi connectivity index (χ1n) is 6.73. The van der Waals surface area contributed by atoms with Crippen LogP contribution in [0.25, 0.3) is 0 Å². The number of rotatable bonds is 3. The summed E-state index contributed by atoms with van der Waals surface area (Å²) < 4.78 is 12.8. The van der Waals surface area contributed by atoms with E-state index < -0.39 is 0 Å². The zero-order valence-corrected chi connectivity index (χ0v) is 10.6. The molecule has 0 amide bonds. The number of nitrogens with one attached hydrogen (secondary N) is 1. The van der Waals surface area contributed by atoms with E-state index in [2.05, 4.69) is 12.2 Å². The van der Waals surface area contributed by atoms with E-state index in [0.717, 1.165) is 12.5 Å². The first kappa shape index (κ1) is 12.6. The molecule has 0 heterocycles.